The first-order chi connectivity index (χ1) is 4.72. The predicted octanol–water partition coefficient (Wildman–Crippen LogP) is 0.952. The van der Waals surface area contributed by atoms with Gasteiger partial charge in [-0.3, -0.25) is 9.59 Å². The number of ketones is 1. The van der Waals surface area contributed by atoms with Crippen LogP contribution in [0.5, 0.6) is 0 Å². The molecule has 0 fully saturated rings. The van der Waals surface area contributed by atoms with Crippen LogP contribution < -0.4 is 0 Å². The molecule has 0 aromatic carbocycles. The summed E-state index contributed by atoms with van der Waals surface area (Å²) in [5, 5.41) is 0. The fourth-order valence-corrected chi connectivity index (χ4v) is 0.242. The van der Waals surface area contributed by atoms with Crippen molar-refractivity contribution in [2.45, 2.75) is 12.1 Å². The number of carbonyl (C=O) groups is 2. The van der Waals surface area contributed by atoms with E-state index in [1.165, 1.54) is 0 Å². The molecule has 7 heteroatoms. The van der Waals surface area contributed by atoms with Crippen LogP contribution in [0.1, 0.15) is 0 Å². The van der Waals surface area contributed by atoms with Crippen molar-refractivity contribution in [3.63, 3.8) is 0 Å². The van der Waals surface area contributed by atoms with Crippen LogP contribution in [-0.2, 0) is 9.59 Å². The molecule has 0 saturated carbocycles. The number of halogens is 5. The van der Waals surface area contributed by atoms with Crippen LogP contribution in [0.2, 0.25) is 0 Å². The van der Waals surface area contributed by atoms with Crippen molar-refractivity contribution < 1.29 is 31.5 Å². The van der Waals surface area contributed by atoms with Crippen LogP contribution in [0.25, 0.3) is 0 Å². The summed E-state index contributed by atoms with van der Waals surface area (Å²) in [7, 11) is 0. The van der Waals surface area contributed by atoms with Crippen molar-refractivity contribution in [2.75, 3.05) is 0 Å². The van der Waals surface area contributed by atoms with Crippen LogP contribution in [0.15, 0.2) is 0 Å². The Kier molecular flexibility index (Phi) is 2.32. The molecule has 64 valence electrons. The van der Waals surface area contributed by atoms with E-state index in [2.05, 4.69) is 0 Å². The molecule has 0 saturated heterocycles. The lowest BCUT2D eigenvalue weighted by Gasteiger charge is -2.09. The van der Waals surface area contributed by atoms with Crippen LogP contribution in [-0.4, -0.2) is 24.2 Å². The van der Waals surface area contributed by atoms with Gasteiger partial charge in [-0.15, -0.1) is 0 Å². The third kappa shape index (κ3) is 2.24. The zero-order valence-corrected chi connectivity index (χ0v) is 4.78. The SMILES string of the molecule is O=CC(F)(F)C(=O)C(F)(F)F. The Balaban J connectivity index is 4.63. The second kappa shape index (κ2) is 2.55. The Bertz CT molecular complexity index is 181. The fraction of sp³-hybridized carbons (Fsp3) is 0.500. The monoisotopic (exact) mass is 176 g/mol. The van der Waals surface area contributed by atoms with Crippen LogP contribution in [0.3, 0.4) is 0 Å². The van der Waals surface area contributed by atoms with Gasteiger partial charge in [-0.1, -0.05) is 0 Å². The van der Waals surface area contributed by atoms with E-state index in [0.717, 1.165) is 0 Å². The van der Waals surface area contributed by atoms with Gasteiger partial charge in [-0.25, -0.2) is 0 Å². The maximum atomic E-state index is 11.6. The van der Waals surface area contributed by atoms with E-state index in [4.69, 9.17) is 0 Å². The second-order valence-corrected chi connectivity index (χ2v) is 1.57. The van der Waals surface area contributed by atoms with E-state index >= 15 is 0 Å². The van der Waals surface area contributed by atoms with Gasteiger partial charge in [0.25, 0.3) is 0 Å². The molecule has 0 amide bonds. The lowest BCUT2D eigenvalue weighted by atomic mass is 10.2. The zero-order valence-electron chi connectivity index (χ0n) is 4.78. The van der Waals surface area contributed by atoms with Gasteiger partial charge in [0.1, 0.15) is 0 Å². The predicted molar refractivity (Wildman–Crippen MR) is 22.1 cm³/mol. The molecule has 0 aliphatic heterocycles. The zero-order chi connectivity index (χ0) is 9.28. The van der Waals surface area contributed by atoms with Crippen LogP contribution >= 0.6 is 0 Å². The van der Waals surface area contributed by atoms with E-state index < -0.39 is 24.2 Å². The standard InChI is InChI=1S/C4HF5O2/c5-3(6,1-10)2(11)4(7,8)9/h1H. The molecule has 0 aliphatic rings. The summed E-state index contributed by atoms with van der Waals surface area (Å²) >= 11 is 0. The number of hydrogen-bond donors (Lipinski definition) is 0. The third-order valence-corrected chi connectivity index (χ3v) is 0.708. The molecule has 0 spiro atoms. The molecular formula is C4HF5O2. The second-order valence-electron chi connectivity index (χ2n) is 1.57. The average molecular weight is 176 g/mol. The fourth-order valence-electron chi connectivity index (χ4n) is 0.242. The summed E-state index contributed by atoms with van der Waals surface area (Å²) in [5.41, 5.74) is 0. The van der Waals surface area contributed by atoms with E-state index in [0.29, 0.717) is 0 Å². The highest BCUT2D eigenvalue weighted by Crippen LogP contribution is 2.25. The Labute approximate surface area is 57.0 Å². The average Bonchev–Trinajstić information content (AvgIpc) is 1.84. The highest BCUT2D eigenvalue weighted by atomic mass is 19.4. The summed E-state index contributed by atoms with van der Waals surface area (Å²) in [6, 6.07) is 0. The van der Waals surface area contributed by atoms with Crippen molar-refractivity contribution in [1.29, 1.82) is 0 Å². The van der Waals surface area contributed by atoms with Crippen LogP contribution in [0.4, 0.5) is 22.0 Å². The highest BCUT2D eigenvalue weighted by molar-refractivity contribution is 6.02. The molecule has 0 atom stereocenters. The van der Waals surface area contributed by atoms with Gasteiger partial charge in [0, 0.05) is 0 Å². The number of alkyl halides is 5. The quantitative estimate of drug-likeness (QED) is 0.356. The number of carbonyl (C=O) groups excluding carboxylic acids is 2. The van der Waals surface area contributed by atoms with Gasteiger partial charge < -0.3 is 0 Å². The molecule has 0 radical (unpaired) electrons. The maximum absolute atomic E-state index is 11.6. The van der Waals surface area contributed by atoms with Gasteiger partial charge in [0.15, 0.2) is 6.29 Å². The Hall–Kier alpha value is -1.01. The Morgan fingerprint density at radius 3 is 1.55 bits per heavy atom. The van der Waals surface area contributed by atoms with Crippen molar-refractivity contribution in [3.05, 3.63) is 0 Å². The van der Waals surface area contributed by atoms with E-state index in [9.17, 15) is 31.5 Å². The first-order valence-electron chi connectivity index (χ1n) is 2.17. The summed E-state index contributed by atoms with van der Waals surface area (Å²) < 4.78 is 56.6. The van der Waals surface area contributed by atoms with Crippen molar-refractivity contribution in [3.8, 4) is 0 Å². The summed E-state index contributed by atoms with van der Waals surface area (Å²) in [5.74, 6) is -8.31. The minimum absolute atomic E-state index is 1.34. The minimum atomic E-state index is -5.68. The van der Waals surface area contributed by atoms with Crippen molar-refractivity contribution in [2.24, 2.45) is 0 Å². The Morgan fingerprint density at radius 2 is 1.45 bits per heavy atom. The van der Waals surface area contributed by atoms with Crippen LogP contribution in [0, 0.1) is 0 Å². The third-order valence-electron chi connectivity index (χ3n) is 0.708. The van der Waals surface area contributed by atoms with Gasteiger partial charge in [-0.05, 0) is 0 Å². The normalized spacial score (nSPS) is 12.8. The molecule has 11 heavy (non-hydrogen) atoms. The smallest absolute Gasteiger partial charge is 0.296 e. The first-order valence-corrected chi connectivity index (χ1v) is 2.17. The molecule has 0 aromatic rings. The Morgan fingerprint density at radius 1 is 1.09 bits per heavy atom. The summed E-state index contributed by atoms with van der Waals surface area (Å²) in [6.07, 6.45) is -7.02. The topological polar surface area (TPSA) is 34.1 Å². The molecule has 0 N–H and O–H groups in total. The molecule has 0 rings (SSSR count). The maximum Gasteiger partial charge on any atom is 0.456 e. The number of hydrogen-bond acceptors (Lipinski definition) is 2. The van der Waals surface area contributed by atoms with E-state index in [1.54, 1.807) is 0 Å². The van der Waals surface area contributed by atoms with Gasteiger partial charge >= 0.3 is 17.9 Å². The van der Waals surface area contributed by atoms with Gasteiger partial charge in [-0.2, -0.15) is 22.0 Å². The van der Waals surface area contributed by atoms with E-state index in [1.807, 2.05) is 0 Å². The highest BCUT2D eigenvalue weighted by Gasteiger charge is 2.54. The lowest BCUT2D eigenvalue weighted by Crippen LogP contribution is -2.41. The molecule has 0 aromatic heterocycles. The molecule has 0 aliphatic carbocycles. The number of Topliss-reactive ketones (excluding diaryl/α,β-unsaturated/α-hetero) is 1. The minimum Gasteiger partial charge on any atom is -0.296 e. The number of aldehydes is 1. The molecule has 0 bridgehead atoms. The van der Waals surface area contributed by atoms with Gasteiger partial charge in [0.2, 0.25) is 0 Å². The first kappa shape index (κ1) is 9.99. The van der Waals surface area contributed by atoms with Crippen molar-refractivity contribution >= 4 is 12.1 Å². The molecular weight excluding hydrogens is 175 g/mol. The molecule has 2 nitrogen and oxygen atoms in total. The summed E-state index contributed by atoms with van der Waals surface area (Å²) in [6.45, 7) is 0. The van der Waals surface area contributed by atoms with Gasteiger partial charge in [0.05, 0.1) is 0 Å². The lowest BCUT2D eigenvalue weighted by molar-refractivity contribution is -0.193. The summed E-state index contributed by atoms with van der Waals surface area (Å²) in [4.78, 5) is 18.9. The molecule has 0 unspecified atom stereocenters. The molecule has 0 heterocycles. The largest absolute Gasteiger partial charge is 0.456 e. The number of rotatable bonds is 2. The van der Waals surface area contributed by atoms with E-state index in [-0.39, 0.29) is 0 Å². The van der Waals surface area contributed by atoms with Crippen molar-refractivity contribution in [1.82, 2.24) is 0 Å².